The fourth-order valence-corrected chi connectivity index (χ4v) is 2.10. The summed E-state index contributed by atoms with van der Waals surface area (Å²) >= 11 is 0. The Morgan fingerprint density at radius 2 is 1.68 bits per heavy atom. The Bertz CT molecular complexity index is 478. The molecule has 0 amide bonds. The Kier molecular flexibility index (Phi) is 5.10. The van der Waals surface area contributed by atoms with Gasteiger partial charge in [-0.15, -0.1) is 0 Å². The Morgan fingerprint density at radius 1 is 1.00 bits per heavy atom. The molecular formula is C17H20FN. The Labute approximate surface area is 114 Å². The molecule has 0 heterocycles. The van der Waals surface area contributed by atoms with Crippen LogP contribution in [0.1, 0.15) is 24.0 Å². The van der Waals surface area contributed by atoms with Crippen molar-refractivity contribution in [2.75, 3.05) is 13.1 Å². The summed E-state index contributed by atoms with van der Waals surface area (Å²) in [6.07, 6.45) is 0.932. The van der Waals surface area contributed by atoms with Gasteiger partial charge < -0.3 is 5.32 Å². The fourth-order valence-electron chi connectivity index (χ4n) is 2.10. The van der Waals surface area contributed by atoms with Crippen molar-refractivity contribution >= 4 is 0 Å². The molecule has 0 saturated carbocycles. The molecule has 0 unspecified atom stereocenters. The summed E-state index contributed by atoms with van der Waals surface area (Å²) < 4.78 is 12.8. The summed E-state index contributed by atoms with van der Waals surface area (Å²) in [7, 11) is 0. The van der Waals surface area contributed by atoms with Crippen molar-refractivity contribution in [3.8, 4) is 0 Å². The molecule has 2 heteroatoms. The lowest BCUT2D eigenvalue weighted by Gasteiger charge is -2.13. The third-order valence-corrected chi connectivity index (χ3v) is 3.32. The third-order valence-electron chi connectivity index (χ3n) is 3.32. The Balaban J connectivity index is 1.71. The van der Waals surface area contributed by atoms with Crippen LogP contribution in [0.2, 0.25) is 0 Å². The maximum Gasteiger partial charge on any atom is 0.123 e. The minimum Gasteiger partial charge on any atom is -0.316 e. The van der Waals surface area contributed by atoms with Crippen LogP contribution in [0.25, 0.3) is 0 Å². The van der Waals surface area contributed by atoms with Crippen molar-refractivity contribution in [2.24, 2.45) is 0 Å². The van der Waals surface area contributed by atoms with Gasteiger partial charge >= 0.3 is 0 Å². The van der Waals surface area contributed by atoms with E-state index in [-0.39, 0.29) is 5.82 Å². The number of rotatable bonds is 6. The van der Waals surface area contributed by atoms with Crippen molar-refractivity contribution < 1.29 is 4.39 Å². The predicted molar refractivity (Wildman–Crippen MR) is 77.8 cm³/mol. The molecule has 1 N–H and O–H groups in total. The highest BCUT2D eigenvalue weighted by atomic mass is 19.1. The van der Waals surface area contributed by atoms with E-state index in [1.165, 1.54) is 23.3 Å². The van der Waals surface area contributed by atoms with E-state index in [9.17, 15) is 4.39 Å². The maximum absolute atomic E-state index is 12.8. The first kappa shape index (κ1) is 13.8. The van der Waals surface area contributed by atoms with Gasteiger partial charge in [0, 0.05) is 6.54 Å². The summed E-state index contributed by atoms with van der Waals surface area (Å²) in [5, 5.41) is 3.45. The molecule has 1 nitrogen and oxygen atoms in total. The molecule has 0 aliphatic carbocycles. The van der Waals surface area contributed by atoms with Gasteiger partial charge in [-0.05, 0) is 42.1 Å². The van der Waals surface area contributed by atoms with E-state index in [1.54, 1.807) is 0 Å². The average molecular weight is 257 g/mol. The molecular weight excluding hydrogens is 237 g/mol. The largest absolute Gasteiger partial charge is 0.316 e. The van der Waals surface area contributed by atoms with Crippen LogP contribution in [0.3, 0.4) is 0 Å². The van der Waals surface area contributed by atoms with Gasteiger partial charge in [-0.25, -0.2) is 4.39 Å². The lowest BCUT2D eigenvalue weighted by molar-refractivity contribution is 0.612. The van der Waals surface area contributed by atoms with Crippen LogP contribution in [0.4, 0.5) is 4.39 Å². The predicted octanol–water partition coefficient (Wildman–Crippen LogP) is 3.76. The first-order valence-electron chi connectivity index (χ1n) is 6.76. The normalized spacial score (nSPS) is 12.3. The lowest BCUT2D eigenvalue weighted by Crippen LogP contribution is -2.22. The highest BCUT2D eigenvalue weighted by Gasteiger charge is 2.03. The van der Waals surface area contributed by atoms with Gasteiger partial charge in [-0.1, -0.05) is 49.4 Å². The highest BCUT2D eigenvalue weighted by Crippen LogP contribution is 2.12. The molecule has 0 aliphatic heterocycles. The van der Waals surface area contributed by atoms with Crippen LogP contribution >= 0.6 is 0 Å². The second-order valence-electron chi connectivity index (χ2n) is 4.89. The molecule has 0 radical (unpaired) electrons. The second kappa shape index (κ2) is 7.05. The fraction of sp³-hybridized carbons (Fsp3) is 0.294. The number of hydrogen-bond donors (Lipinski definition) is 1. The van der Waals surface area contributed by atoms with E-state index in [1.807, 2.05) is 18.2 Å². The van der Waals surface area contributed by atoms with Crippen molar-refractivity contribution in [3.63, 3.8) is 0 Å². The zero-order valence-corrected chi connectivity index (χ0v) is 11.3. The summed E-state index contributed by atoms with van der Waals surface area (Å²) in [4.78, 5) is 0. The summed E-state index contributed by atoms with van der Waals surface area (Å²) in [6, 6.07) is 17.2. The lowest BCUT2D eigenvalue weighted by atomic mass is 10.0. The quantitative estimate of drug-likeness (QED) is 0.777. The standard InChI is InChI=1S/C17H20FN/c1-14(16-5-3-2-4-6-16)13-19-12-11-15-7-9-17(18)10-8-15/h2-10,14,19H,11-13H2,1H3/t14-/m0/s1. The summed E-state index contributed by atoms with van der Waals surface area (Å²) in [6.45, 7) is 4.11. The van der Waals surface area contributed by atoms with Crippen LogP contribution < -0.4 is 5.32 Å². The molecule has 0 aromatic heterocycles. The highest BCUT2D eigenvalue weighted by molar-refractivity contribution is 5.19. The molecule has 0 bridgehead atoms. The van der Waals surface area contributed by atoms with Crippen molar-refractivity contribution in [2.45, 2.75) is 19.3 Å². The van der Waals surface area contributed by atoms with E-state index in [0.29, 0.717) is 5.92 Å². The second-order valence-corrected chi connectivity index (χ2v) is 4.89. The third kappa shape index (κ3) is 4.49. The number of hydrogen-bond acceptors (Lipinski definition) is 1. The van der Waals surface area contributed by atoms with Crippen LogP contribution in [-0.2, 0) is 6.42 Å². The van der Waals surface area contributed by atoms with Gasteiger partial charge in [0.05, 0.1) is 0 Å². The molecule has 0 aliphatic rings. The Morgan fingerprint density at radius 3 is 2.37 bits per heavy atom. The summed E-state index contributed by atoms with van der Waals surface area (Å²) in [5.74, 6) is 0.337. The smallest absolute Gasteiger partial charge is 0.123 e. The number of benzene rings is 2. The molecule has 100 valence electrons. The minimum absolute atomic E-state index is 0.172. The van der Waals surface area contributed by atoms with E-state index in [2.05, 4.69) is 36.5 Å². The molecule has 2 aromatic carbocycles. The molecule has 2 rings (SSSR count). The van der Waals surface area contributed by atoms with Crippen LogP contribution in [-0.4, -0.2) is 13.1 Å². The van der Waals surface area contributed by atoms with E-state index in [4.69, 9.17) is 0 Å². The minimum atomic E-state index is -0.172. The van der Waals surface area contributed by atoms with Crippen molar-refractivity contribution in [3.05, 3.63) is 71.5 Å². The van der Waals surface area contributed by atoms with Crippen LogP contribution in [0.15, 0.2) is 54.6 Å². The van der Waals surface area contributed by atoms with Gasteiger partial charge in [0.2, 0.25) is 0 Å². The van der Waals surface area contributed by atoms with Crippen molar-refractivity contribution in [1.29, 1.82) is 0 Å². The molecule has 0 saturated heterocycles. The van der Waals surface area contributed by atoms with E-state index < -0.39 is 0 Å². The van der Waals surface area contributed by atoms with Crippen LogP contribution in [0.5, 0.6) is 0 Å². The van der Waals surface area contributed by atoms with Gasteiger partial charge in [-0.2, -0.15) is 0 Å². The monoisotopic (exact) mass is 257 g/mol. The summed E-state index contributed by atoms with van der Waals surface area (Å²) in [5.41, 5.74) is 2.53. The molecule has 0 spiro atoms. The topological polar surface area (TPSA) is 12.0 Å². The zero-order chi connectivity index (χ0) is 13.5. The number of nitrogens with one attached hydrogen (secondary N) is 1. The number of halogens is 1. The molecule has 19 heavy (non-hydrogen) atoms. The van der Waals surface area contributed by atoms with E-state index in [0.717, 1.165) is 19.5 Å². The van der Waals surface area contributed by atoms with E-state index >= 15 is 0 Å². The zero-order valence-electron chi connectivity index (χ0n) is 11.3. The van der Waals surface area contributed by atoms with Gasteiger partial charge in [0.1, 0.15) is 5.82 Å². The van der Waals surface area contributed by atoms with Crippen molar-refractivity contribution in [1.82, 2.24) is 5.32 Å². The molecule has 0 fully saturated rings. The SMILES string of the molecule is C[C@@H](CNCCc1ccc(F)cc1)c1ccccc1. The first-order chi connectivity index (χ1) is 9.25. The first-order valence-corrected chi connectivity index (χ1v) is 6.76. The van der Waals surface area contributed by atoms with Gasteiger partial charge in [-0.3, -0.25) is 0 Å². The average Bonchev–Trinajstić information content (AvgIpc) is 2.46. The van der Waals surface area contributed by atoms with Crippen LogP contribution in [0, 0.1) is 5.82 Å². The molecule has 2 aromatic rings. The Hall–Kier alpha value is -1.67. The van der Waals surface area contributed by atoms with Gasteiger partial charge in [0.25, 0.3) is 0 Å². The van der Waals surface area contributed by atoms with Gasteiger partial charge in [0.15, 0.2) is 0 Å². The molecule has 1 atom stereocenters. The maximum atomic E-state index is 12.8.